The Balaban J connectivity index is 1.27. The zero-order valence-corrected chi connectivity index (χ0v) is 38.4. The van der Waals surface area contributed by atoms with Crippen LogP contribution in [0.25, 0.3) is 22.0 Å². The third kappa shape index (κ3) is 9.15. The summed E-state index contributed by atoms with van der Waals surface area (Å²) in [5.41, 5.74) is -2.11. The maximum absolute atomic E-state index is 15.6. The molecule has 1 saturated heterocycles. The molecule has 3 aliphatic rings. The van der Waals surface area contributed by atoms with Crippen LogP contribution < -0.4 is 0 Å². The van der Waals surface area contributed by atoms with Crippen LogP contribution in [-0.2, 0) is 55.8 Å². The van der Waals surface area contributed by atoms with Crippen LogP contribution in [0.3, 0.4) is 0 Å². The van der Waals surface area contributed by atoms with Crippen molar-refractivity contribution in [3.05, 3.63) is 98.7 Å². The van der Waals surface area contributed by atoms with Crippen LogP contribution in [-0.4, -0.2) is 80.0 Å². The van der Waals surface area contributed by atoms with Crippen molar-refractivity contribution >= 4 is 44.2 Å². The number of hydrogen-bond acceptors (Lipinski definition) is 9. The first-order valence-electron chi connectivity index (χ1n) is 21.0. The van der Waals surface area contributed by atoms with E-state index in [0.29, 0.717) is 32.8 Å². The zero-order valence-electron chi connectivity index (χ0n) is 36.9. The minimum atomic E-state index is -3.61. The normalized spacial score (nSPS) is 20.0. The van der Waals surface area contributed by atoms with Gasteiger partial charge in [-0.15, -0.1) is 0 Å². The second-order valence-corrected chi connectivity index (χ2v) is 21.1. The lowest BCUT2D eigenvalue weighted by Crippen LogP contribution is -2.49. The number of rotatable bonds is 11. The molecule has 8 rings (SSSR count). The standard InChI is InChI=1S/C46H45ClF6N6O6S/c1-44(2,3)65-43(61)59-28(21-64-45(59,4)5)10-8-27-9-11-30(31-12-13-34(47)37-35(22-66(7,62)63)55-57(6)40(31)37)38(54-27)24(14-23-15-25(48)18-26(49)16-23)17-29(60)20-58-41-36(39(56-58)42(50)51)32-19-33(32)46(41,52)53/h9,11-13,15-16,18,24,28,32-33,42H,14,17,19-22H2,1-7H3/t24-,28-,32+,33-/m1/s1. The molecule has 1 aliphatic heterocycles. The summed E-state index contributed by atoms with van der Waals surface area (Å²) in [6, 6.07) is 8.34. The van der Waals surface area contributed by atoms with Crippen LogP contribution in [0.5, 0.6) is 0 Å². The third-order valence-electron chi connectivity index (χ3n) is 11.8. The number of aromatic nitrogens is 5. The Hall–Kier alpha value is -5.45. The second-order valence-electron chi connectivity index (χ2n) is 18.6. The average Bonchev–Trinajstić information content (AvgIpc) is 3.57. The summed E-state index contributed by atoms with van der Waals surface area (Å²) in [6.07, 6.45) is -3.55. The number of nitrogens with zero attached hydrogens (tertiary/aromatic N) is 6. The van der Waals surface area contributed by atoms with Crippen LogP contribution in [0.4, 0.5) is 31.1 Å². The highest BCUT2D eigenvalue weighted by molar-refractivity contribution is 7.89. The molecule has 0 N–H and O–H groups in total. The zero-order chi connectivity index (χ0) is 48.0. The number of halogens is 7. The van der Waals surface area contributed by atoms with E-state index in [9.17, 15) is 35.6 Å². The van der Waals surface area contributed by atoms with Crippen molar-refractivity contribution in [3.63, 3.8) is 0 Å². The summed E-state index contributed by atoms with van der Waals surface area (Å²) in [5.74, 6) is -3.56. The van der Waals surface area contributed by atoms with Crippen molar-refractivity contribution in [1.82, 2.24) is 29.4 Å². The highest BCUT2D eigenvalue weighted by Crippen LogP contribution is 2.68. The molecule has 4 heterocycles. The molecule has 1 saturated carbocycles. The first kappa shape index (κ1) is 47.1. The van der Waals surface area contributed by atoms with Gasteiger partial charge in [-0.2, -0.15) is 19.0 Å². The molecular weight excluding hydrogens is 914 g/mol. The lowest BCUT2D eigenvalue weighted by atomic mass is 9.86. The number of Topliss-reactive ketones (excluding diaryl/α,β-unsaturated/α-hetero) is 1. The van der Waals surface area contributed by atoms with Gasteiger partial charge in [-0.1, -0.05) is 23.6 Å². The van der Waals surface area contributed by atoms with Gasteiger partial charge in [0.25, 0.3) is 12.3 Å². The summed E-state index contributed by atoms with van der Waals surface area (Å²) in [6.45, 7) is 7.70. The lowest BCUT2D eigenvalue weighted by molar-refractivity contribution is -0.120. The number of hydrogen-bond donors (Lipinski definition) is 0. The Bertz CT molecular complexity index is 2970. The number of benzene rings is 2. The number of ketones is 1. The molecule has 2 aromatic carbocycles. The number of alkyl halides is 4. The lowest BCUT2D eigenvalue weighted by Gasteiger charge is -2.33. The minimum Gasteiger partial charge on any atom is -0.444 e. The molecule has 350 valence electrons. The van der Waals surface area contributed by atoms with E-state index in [4.69, 9.17) is 26.1 Å². The van der Waals surface area contributed by atoms with Crippen molar-refractivity contribution in [3.8, 4) is 23.0 Å². The number of carbonyl (C=O) groups excluding carboxylic acids is 2. The Morgan fingerprint density at radius 3 is 2.36 bits per heavy atom. The number of fused-ring (bicyclic) bond motifs is 4. The largest absolute Gasteiger partial charge is 0.444 e. The number of aryl methyl sites for hydroxylation is 1. The van der Waals surface area contributed by atoms with E-state index in [1.807, 2.05) is 0 Å². The van der Waals surface area contributed by atoms with Gasteiger partial charge in [0.1, 0.15) is 52.6 Å². The van der Waals surface area contributed by atoms with Gasteiger partial charge < -0.3 is 9.47 Å². The maximum Gasteiger partial charge on any atom is 0.413 e. The Morgan fingerprint density at radius 2 is 1.71 bits per heavy atom. The molecule has 0 spiro atoms. The number of pyridine rings is 1. The van der Waals surface area contributed by atoms with Gasteiger partial charge in [0.05, 0.1) is 34.3 Å². The first-order valence-corrected chi connectivity index (χ1v) is 23.4. The first-order chi connectivity index (χ1) is 30.7. The Morgan fingerprint density at radius 1 is 1.03 bits per heavy atom. The molecule has 20 heteroatoms. The minimum absolute atomic E-state index is 0.0104. The predicted octanol–water partition coefficient (Wildman–Crippen LogP) is 9.16. The molecule has 66 heavy (non-hydrogen) atoms. The number of carbonyl (C=O) groups is 2. The smallest absolute Gasteiger partial charge is 0.413 e. The van der Waals surface area contributed by atoms with Crippen molar-refractivity contribution in [2.24, 2.45) is 13.0 Å². The summed E-state index contributed by atoms with van der Waals surface area (Å²) in [5, 5.41) is 8.79. The summed E-state index contributed by atoms with van der Waals surface area (Å²) in [7, 11) is -2.03. The van der Waals surface area contributed by atoms with E-state index in [0.717, 1.165) is 18.4 Å². The topological polar surface area (TPSA) is 139 Å². The molecule has 2 aliphatic carbocycles. The van der Waals surface area contributed by atoms with Gasteiger partial charge >= 0.3 is 6.09 Å². The summed E-state index contributed by atoms with van der Waals surface area (Å²) in [4.78, 5) is 34.0. The molecule has 0 radical (unpaired) electrons. The van der Waals surface area contributed by atoms with E-state index in [-0.39, 0.29) is 52.7 Å². The molecule has 2 fully saturated rings. The fourth-order valence-electron chi connectivity index (χ4n) is 9.19. The van der Waals surface area contributed by atoms with Crippen molar-refractivity contribution in [2.75, 3.05) is 12.9 Å². The van der Waals surface area contributed by atoms with Gasteiger partial charge in [-0.3, -0.25) is 19.1 Å². The Kier molecular flexibility index (Phi) is 11.9. The predicted molar refractivity (Wildman–Crippen MR) is 231 cm³/mol. The van der Waals surface area contributed by atoms with Crippen LogP contribution in [0.1, 0.15) is 105 Å². The summed E-state index contributed by atoms with van der Waals surface area (Å²) < 4.78 is 128. The van der Waals surface area contributed by atoms with Gasteiger partial charge in [-0.25, -0.2) is 35.8 Å². The molecule has 1 amide bonds. The molecular formula is C46H45ClF6N6O6S. The van der Waals surface area contributed by atoms with Crippen LogP contribution in [0.15, 0.2) is 42.5 Å². The third-order valence-corrected chi connectivity index (χ3v) is 12.9. The van der Waals surface area contributed by atoms with Crippen LogP contribution in [0.2, 0.25) is 5.02 Å². The van der Waals surface area contributed by atoms with Crippen LogP contribution in [0, 0.1) is 29.4 Å². The van der Waals surface area contributed by atoms with Crippen molar-refractivity contribution < 1.29 is 53.8 Å². The van der Waals surface area contributed by atoms with Gasteiger partial charge in [-0.05, 0) is 95.2 Å². The monoisotopic (exact) mass is 958 g/mol. The SMILES string of the molecule is Cn1nc(CS(C)(=O)=O)c2c(Cl)ccc(-c3ccc(C#C[C@@H]4COC(C)(C)N4C(=O)OC(C)(C)C)nc3[C@@H](CC(=O)Cn3nc(C(F)F)c4c3C(F)(F)[C@@H]3C[C@H]43)Cc3cc(F)cc(F)c3)c21. The average molecular weight is 959 g/mol. The molecule has 5 aromatic rings. The Labute approximate surface area is 381 Å². The molecule has 12 nitrogen and oxygen atoms in total. The van der Waals surface area contributed by atoms with E-state index in [1.54, 1.807) is 59.9 Å². The van der Waals surface area contributed by atoms with Gasteiger partial charge in [0.15, 0.2) is 15.6 Å². The summed E-state index contributed by atoms with van der Waals surface area (Å²) >= 11 is 6.71. The quantitative estimate of drug-likeness (QED) is 0.0937. The maximum atomic E-state index is 15.6. The van der Waals surface area contributed by atoms with Crippen molar-refractivity contribution in [2.45, 2.75) is 108 Å². The van der Waals surface area contributed by atoms with Crippen LogP contribution >= 0.6 is 11.6 Å². The highest BCUT2D eigenvalue weighted by atomic mass is 35.5. The molecule has 0 unspecified atom stereocenters. The molecule has 0 bridgehead atoms. The fraction of sp³-hybridized carbons (Fsp3) is 0.457. The number of amides is 1. The number of ether oxygens (including phenoxy) is 2. The van der Waals surface area contributed by atoms with Gasteiger partial charge in [0, 0.05) is 59.7 Å². The van der Waals surface area contributed by atoms with Crippen molar-refractivity contribution in [1.29, 1.82) is 0 Å². The van der Waals surface area contributed by atoms with E-state index >= 15 is 8.78 Å². The van der Waals surface area contributed by atoms with Gasteiger partial charge in [0.2, 0.25) is 0 Å². The number of sulfone groups is 1. The van der Waals surface area contributed by atoms with E-state index in [1.165, 1.54) is 15.6 Å². The second kappa shape index (κ2) is 16.7. The fourth-order valence-corrected chi connectivity index (χ4v) is 10.2. The molecule has 4 atom stereocenters. The highest BCUT2D eigenvalue weighted by Gasteiger charge is 2.67. The van der Waals surface area contributed by atoms with E-state index in [2.05, 4.69) is 22.0 Å². The molecule has 3 aromatic heterocycles. The van der Waals surface area contributed by atoms with E-state index < -0.39 is 111 Å².